The van der Waals surface area contributed by atoms with Crippen molar-refractivity contribution in [2.24, 2.45) is 0 Å². The summed E-state index contributed by atoms with van der Waals surface area (Å²) < 4.78 is 18.7. The molecule has 0 spiro atoms. The molecule has 3 nitrogen and oxygen atoms in total. The second-order valence-corrected chi connectivity index (χ2v) is 8.26. The molecule has 21 heavy (non-hydrogen) atoms. The Kier molecular flexibility index (Phi) is 7.14. The average Bonchev–Trinajstić information content (AvgIpc) is 2.55. The van der Waals surface area contributed by atoms with Gasteiger partial charge in [-0.2, -0.15) is 0 Å². The Labute approximate surface area is 138 Å². The van der Waals surface area contributed by atoms with Gasteiger partial charge in [0.2, 0.25) is 0 Å². The molecule has 0 amide bonds. The van der Waals surface area contributed by atoms with Crippen molar-refractivity contribution >= 4 is 38.8 Å². The number of hydrogen-bond acceptors (Lipinski definition) is 3. The summed E-state index contributed by atoms with van der Waals surface area (Å²) >= 11 is 0.727. The van der Waals surface area contributed by atoms with Crippen molar-refractivity contribution < 1.29 is 14.2 Å². The Morgan fingerprint density at radius 2 is 1.05 bits per heavy atom. The van der Waals surface area contributed by atoms with Gasteiger partial charge in [0.1, 0.15) is 0 Å². The average molecular weight is 416 g/mol. The SMILES string of the molecule is COc1ccc([Se]COC[Se]c2ccc(OC)cc2)cc1. The molecule has 0 radical (unpaired) electrons. The van der Waals surface area contributed by atoms with E-state index in [4.69, 9.17) is 14.2 Å². The molecule has 0 aliphatic rings. The molecule has 2 aromatic rings. The zero-order valence-corrected chi connectivity index (χ0v) is 15.5. The van der Waals surface area contributed by atoms with Crippen molar-refractivity contribution in [1.82, 2.24) is 0 Å². The van der Waals surface area contributed by atoms with Crippen LogP contribution in [0, 0.1) is 0 Å². The molecule has 0 fully saturated rings. The van der Waals surface area contributed by atoms with E-state index in [1.807, 2.05) is 24.3 Å². The van der Waals surface area contributed by atoms with Crippen LogP contribution in [0.3, 0.4) is 0 Å². The van der Waals surface area contributed by atoms with Crippen molar-refractivity contribution in [3.8, 4) is 11.5 Å². The molecule has 112 valence electrons. The quantitative estimate of drug-likeness (QED) is 0.475. The molecule has 0 bridgehead atoms. The maximum absolute atomic E-state index is 5.75. The molecule has 0 unspecified atom stereocenters. The number of benzene rings is 2. The van der Waals surface area contributed by atoms with Gasteiger partial charge in [-0.1, -0.05) is 0 Å². The second kappa shape index (κ2) is 9.14. The van der Waals surface area contributed by atoms with Gasteiger partial charge < -0.3 is 0 Å². The zero-order chi connectivity index (χ0) is 14.9. The van der Waals surface area contributed by atoms with Crippen molar-refractivity contribution in [3.63, 3.8) is 0 Å². The Hall–Kier alpha value is -0.961. The molecular formula is C16H18O3Se2. The van der Waals surface area contributed by atoms with E-state index in [1.165, 1.54) is 8.92 Å². The maximum atomic E-state index is 5.75. The van der Waals surface area contributed by atoms with Crippen LogP contribution in [0.2, 0.25) is 0 Å². The van der Waals surface area contributed by atoms with E-state index in [0.29, 0.717) is 29.9 Å². The summed E-state index contributed by atoms with van der Waals surface area (Å²) in [6.07, 6.45) is 0. The molecule has 0 aromatic heterocycles. The van der Waals surface area contributed by atoms with E-state index in [2.05, 4.69) is 24.3 Å². The summed E-state index contributed by atoms with van der Waals surface area (Å²) in [7, 11) is 3.37. The van der Waals surface area contributed by atoms with Gasteiger partial charge in [-0.15, -0.1) is 0 Å². The number of hydrogen-bond donors (Lipinski definition) is 0. The van der Waals surface area contributed by atoms with Gasteiger partial charge in [-0.05, 0) is 0 Å². The van der Waals surface area contributed by atoms with Crippen molar-refractivity contribution in [2.45, 2.75) is 0 Å². The summed E-state index contributed by atoms with van der Waals surface area (Å²) in [6, 6.07) is 16.4. The Morgan fingerprint density at radius 1 is 0.667 bits per heavy atom. The molecule has 0 aliphatic heterocycles. The molecule has 5 heteroatoms. The van der Waals surface area contributed by atoms with Gasteiger partial charge in [0.25, 0.3) is 0 Å². The molecule has 0 atom stereocenters. The summed E-state index contributed by atoms with van der Waals surface area (Å²) in [5.41, 5.74) is 1.63. The standard InChI is InChI=1S/C16H18O3Se2/c1-17-13-3-7-15(8-4-13)20-11-19-12-21-16-9-5-14(18-2)6-10-16/h3-10H,11-12H2,1-2H3. The van der Waals surface area contributed by atoms with Crippen LogP contribution in [-0.2, 0) is 4.74 Å². The van der Waals surface area contributed by atoms with Gasteiger partial charge in [-0.25, -0.2) is 0 Å². The summed E-state index contributed by atoms with van der Waals surface area (Å²) in [5, 5.41) is 0. The van der Waals surface area contributed by atoms with Crippen LogP contribution in [-0.4, -0.2) is 55.1 Å². The fourth-order valence-electron chi connectivity index (χ4n) is 1.60. The van der Waals surface area contributed by atoms with Crippen LogP contribution in [0.5, 0.6) is 11.5 Å². The first-order chi connectivity index (χ1) is 10.3. The number of rotatable bonds is 8. The summed E-state index contributed by atoms with van der Waals surface area (Å²) in [6.45, 7) is 0. The first-order valence-corrected chi connectivity index (χ1v) is 10.6. The van der Waals surface area contributed by atoms with E-state index in [9.17, 15) is 0 Å². The minimum atomic E-state index is 0.363. The molecule has 0 saturated heterocycles. The molecule has 0 N–H and O–H groups in total. The number of ether oxygens (including phenoxy) is 3. The first-order valence-electron chi connectivity index (χ1n) is 6.43. The van der Waals surface area contributed by atoms with E-state index >= 15 is 0 Å². The normalized spacial score (nSPS) is 10.4. The van der Waals surface area contributed by atoms with Crippen molar-refractivity contribution in [1.29, 1.82) is 0 Å². The van der Waals surface area contributed by atoms with E-state index in [-0.39, 0.29) is 0 Å². The molecule has 0 saturated carbocycles. The van der Waals surface area contributed by atoms with Crippen LogP contribution >= 0.6 is 0 Å². The predicted octanol–water partition coefficient (Wildman–Crippen LogP) is 0.995. The van der Waals surface area contributed by atoms with Gasteiger partial charge in [0.05, 0.1) is 0 Å². The fourth-order valence-corrected chi connectivity index (χ4v) is 4.78. The van der Waals surface area contributed by atoms with E-state index in [1.54, 1.807) is 14.2 Å². The van der Waals surface area contributed by atoms with Gasteiger partial charge >= 0.3 is 138 Å². The summed E-state index contributed by atoms with van der Waals surface area (Å²) in [5.74, 6) is 1.80. The number of methoxy groups -OCH3 is 2. The van der Waals surface area contributed by atoms with Crippen molar-refractivity contribution in [2.75, 3.05) is 25.2 Å². The third-order valence-electron chi connectivity index (χ3n) is 2.74. The minimum absolute atomic E-state index is 0.363. The van der Waals surface area contributed by atoms with Crippen LogP contribution in [0.25, 0.3) is 0 Å². The van der Waals surface area contributed by atoms with Crippen LogP contribution < -0.4 is 18.4 Å². The van der Waals surface area contributed by atoms with E-state index < -0.39 is 0 Å². The first kappa shape index (κ1) is 16.4. The predicted molar refractivity (Wildman–Crippen MR) is 87.6 cm³/mol. The molecule has 0 aliphatic carbocycles. The third kappa shape index (κ3) is 5.74. The topological polar surface area (TPSA) is 27.7 Å². The molecule has 0 heterocycles. The van der Waals surface area contributed by atoms with Crippen LogP contribution in [0.1, 0.15) is 0 Å². The Bertz CT molecular complexity index is 477. The Balaban J connectivity index is 1.64. The van der Waals surface area contributed by atoms with E-state index in [0.717, 1.165) is 22.5 Å². The fraction of sp³-hybridized carbons (Fsp3) is 0.250. The second-order valence-electron chi connectivity index (χ2n) is 4.08. The Morgan fingerprint density at radius 3 is 1.38 bits per heavy atom. The van der Waals surface area contributed by atoms with Gasteiger partial charge in [0, 0.05) is 0 Å². The monoisotopic (exact) mass is 418 g/mol. The van der Waals surface area contributed by atoms with Crippen LogP contribution in [0.15, 0.2) is 48.5 Å². The zero-order valence-electron chi connectivity index (χ0n) is 12.1. The summed E-state index contributed by atoms with van der Waals surface area (Å²) in [4.78, 5) is 0. The van der Waals surface area contributed by atoms with Crippen molar-refractivity contribution in [3.05, 3.63) is 48.5 Å². The molecule has 2 rings (SSSR count). The molecule has 2 aromatic carbocycles. The van der Waals surface area contributed by atoms with Crippen LogP contribution in [0.4, 0.5) is 0 Å². The van der Waals surface area contributed by atoms with Gasteiger partial charge in [-0.3, -0.25) is 0 Å². The third-order valence-corrected chi connectivity index (χ3v) is 6.47. The molecular weight excluding hydrogens is 398 g/mol. The van der Waals surface area contributed by atoms with Gasteiger partial charge in [0.15, 0.2) is 0 Å².